The molecule has 3 aromatic rings. The van der Waals surface area contributed by atoms with Crippen molar-refractivity contribution in [2.24, 2.45) is 0 Å². The molecule has 0 aliphatic heterocycles. The summed E-state index contributed by atoms with van der Waals surface area (Å²) in [5.41, 5.74) is 2.28. The van der Waals surface area contributed by atoms with Gasteiger partial charge in [-0.15, -0.1) is 0 Å². The predicted molar refractivity (Wildman–Crippen MR) is 138 cm³/mol. The fourth-order valence-electron chi connectivity index (χ4n) is 3.02. The van der Waals surface area contributed by atoms with Gasteiger partial charge in [-0.1, -0.05) is 42.5 Å². The van der Waals surface area contributed by atoms with Crippen molar-refractivity contribution in [3.63, 3.8) is 0 Å². The molecular formula is C25H25N3O4S2. The Morgan fingerprint density at radius 2 is 1.65 bits per heavy atom. The van der Waals surface area contributed by atoms with Gasteiger partial charge >= 0.3 is 0 Å². The van der Waals surface area contributed by atoms with Crippen molar-refractivity contribution in [1.29, 1.82) is 0 Å². The number of sulfonamides is 1. The van der Waals surface area contributed by atoms with Gasteiger partial charge in [0.2, 0.25) is 15.9 Å². The highest BCUT2D eigenvalue weighted by Crippen LogP contribution is 2.19. The third kappa shape index (κ3) is 6.98. The first-order valence-corrected chi connectivity index (χ1v) is 12.2. The number of carbonyl (C=O) groups excluding carboxylic acids is 1. The van der Waals surface area contributed by atoms with Crippen LogP contribution in [0, 0.1) is 0 Å². The average Bonchev–Trinajstić information content (AvgIpc) is 2.84. The van der Waals surface area contributed by atoms with E-state index in [1.54, 1.807) is 44.5 Å². The van der Waals surface area contributed by atoms with Gasteiger partial charge in [0.05, 0.1) is 12.0 Å². The van der Waals surface area contributed by atoms with Crippen LogP contribution in [0.5, 0.6) is 5.75 Å². The van der Waals surface area contributed by atoms with E-state index in [4.69, 9.17) is 17.0 Å². The number of amides is 1. The van der Waals surface area contributed by atoms with E-state index >= 15 is 0 Å². The molecule has 34 heavy (non-hydrogen) atoms. The van der Waals surface area contributed by atoms with Crippen LogP contribution < -0.4 is 15.4 Å². The fraction of sp³-hybridized carbons (Fsp3) is 0.120. The lowest BCUT2D eigenvalue weighted by Crippen LogP contribution is -2.32. The Morgan fingerprint density at radius 1 is 1.00 bits per heavy atom. The quantitative estimate of drug-likeness (QED) is 0.362. The zero-order valence-corrected chi connectivity index (χ0v) is 20.4. The van der Waals surface area contributed by atoms with Gasteiger partial charge in [0.1, 0.15) is 5.75 Å². The maximum absolute atomic E-state index is 12.8. The first kappa shape index (κ1) is 25.1. The first-order valence-electron chi connectivity index (χ1n) is 10.3. The van der Waals surface area contributed by atoms with Gasteiger partial charge in [-0.25, -0.2) is 8.42 Å². The Bertz CT molecular complexity index is 1260. The number of hydrogen-bond donors (Lipinski definition) is 2. The van der Waals surface area contributed by atoms with Gasteiger partial charge in [-0.05, 0) is 65.8 Å². The number of thiocarbonyl (C=S) groups is 1. The normalized spacial score (nSPS) is 11.4. The van der Waals surface area contributed by atoms with Crippen LogP contribution >= 0.6 is 12.2 Å². The largest absolute Gasteiger partial charge is 0.497 e. The molecule has 0 fully saturated rings. The molecule has 0 aliphatic carbocycles. The molecule has 2 N–H and O–H groups in total. The van der Waals surface area contributed by atoms with E-state index in [-0.39, 0.29) is 16.6 Å². The molecule has 0 saturated heterocycles. The number of rotatable bonds is 8. The summed E-state index contributed by atoms with van der Waals surface area (Å²) in [6.07, 6.45) is 3.02. The number of carbonyl (C=O) groups is 1. The van der Waals surface area contributed by atoms with E-state index < -0.39 is 15.9 Å². The lowest BCUT2D eigenvalue weighted by Gasteiger charge is -2.17. The molecule has 3 aromatic carbocycles. The number of hydrogen-bond acceptors (Lipinski definition) is 5. The summed E-state index contributed by atoms with van der Waals surface area (Å²) >= 11 is 5.18. The number of anilines is 1. The minimum atomic E-state index is -3.65. The molecule has 0 unspecified atom stereocenters. The maximum Gasteiger partial charge on any atom is 0.250 e. The smallest absolute Gasteiger partial charge is 0.250 e. The SMILES string of the molecule is COc1ccc(C=CC(=O)NC(=S)Nc2ccc(S(=O)(=O)N(C)Cc3ccccc3)cc2)cc1. The summed E-state index contributed by atoms with van der Waals surface area (Å²) < 4.78 is 32.1. The topological polar surface area (TPSA) is 87.7 Å². The van der Waals surface area contributed by atoms with Gasteiger partial charge in [0.15, 0.2) is 5.11 Å². The standard InChI is InChI=1S/C25H25N3O4S2/c1-28(18-20-6-4-3-5-7-20)34(30,31)23-15-11-21(12-16-23)26-25(33)27-24(29)17-10-19-8-13-22(32-2)14-9-19/h3-17H,18H2,1-2H3,(H2,26,27,29,33). The van der Waals surface area contributed by atoms with Gasteiger partial charge < -0.3 is 10.1 Å². The molecule has 0 spiro atoms. The lowest BCUT2D eigenvalue weighted by atomic mass is 10.2. The molecule has 0 aromatic heterocycles. The highest BCUT2D eigenvalue weighted by Gasteiger charge is 2.20. The van der Waals surface area contributed by atoms with Crippen LogP contribution in [0.15, 0.2) is 89.8 Å². The van der Waals surface area contributed by atoms with Crippen LogP contribution in [0.3, 0.4) is 0 Å². The van der Waals surface area contributed by atoms with Crippen molar-refractivity contribution in [1.82, 2.24) is 9.62 Å². The van der Waals surface area contributed by atoms with E-state index in [1.807, 2.05) is 42.5 Å². The molecule has 9 heteroatoms. The van der Waals surface area contributed by atoms with E-state index in [2.05, 4.69) is 10.6 Å². The van der Waals surface area contributed by atoms with Crippen molar-refractivity contribution >= 4 is 45.0 Å². The van der Waals surface area contributed by atoms with Crippen LogP contribution in [0.2, 0.25) is 0 Å². The molecule has 0 radical (unpaired) electrons. The number of nitrogens with zero attached hydrogens (tertiary/aromatic N) is 1. The molecule has 0 atom stereocenters. The molecule has 176 valence electrons. The Labute approximate surface area is 205 Å². The van der Waals surface area contributed by atoms with Crippen molar-refractivity contribution in [3.8, 4) is 5.75 Å². The molecule has 0 heterocycles. The highest BCUT2D eigenvalue weighted by molar-refractivity contribution is 7.89. The first-order chi connectivity index (χ1) is 16.3. The average molecular weight is 496 g/mol. The summed E-state index contributed by atoms with van der Waals surface area (Å²) in [4.78, 5) is 12.3. The number of nitrogens with one attached hydrogen (secondary N) is 2. The summed E-state index contributed by atoms with van der Waals surface area (Å²) in [5, 5.41) is 5.53. The van der Waals surface area contributed by atoms with Crippen molar-refractivity contribution in [2.75, 3.05) is 19.5 Å². The molecule has 0 aliphatic rings. The Balaban J connectivity index is 1.55. The minimum Gasteiger partial charge on any atom is -0.497 e. The second-order valence-electron chi connectivity index (χ2n) is 7.32. The molecule has 3 rings (SSSR count). The highest BCUT2D eigenvalue weighted by atomic mass is 32.2. The zero-order valence-electron chi connectivity index (χ0n) is 18.8. The Morgan fingerprint density at radius 3 is 2.26 bits per heavy atom. The van der Waals surface area contributed by atoms with E-state index in [0.29, 0.717) is 5.69 Å². The summed E-state index contributed by atoms with van der Waals surface area (Å²) in [6, 6.07) is 22.8. The van der Waals surface area contributed by atoms with Crippen LogP contribution in [0.1, 0.15) is 11.1 Å². The molecule has 0 bridgehead atoms. The lowest BCUT2D eigenvalue weighted by molar-refractivity contribution is -0.115. The van der Waals surface area contributed by atoms with Crippen molar-refractivity contribution < 1.29 is 17.9 Å². The molecule has 1 amide bonds. The summed E-state index contributed by atoms with van der Waals surface area (Å²) in [5.74, 6) is 0.337. The number of methoxy groups -OCH3 is 1. The summed E-state index contributed by atoms with van der Waals surface area (Å²) in [6.45, 7) is 0.267. The van der Waals surface area contributed by atoms with E-state index in [0.717, 1.165) is 16.9 Å². The molecular weight excluding hydrogens is 470 g/mol. The van der Waals surface area contributed by atoms with Crippen molar-refractivity contribution in [3.05, 3.63) is 96.1 Å². The Hall–Kier alpha value is -3.53. The zero-order chi connectivity index (χ0) is 24.6. The predicted octanol–water partition coefficient (Wildman–Crippen LogP) is 4.04. The maximum atomic E-state index is 12.8. The van der Waals surface area contributed by atoms with Crippen LogP contribution in [-0.4, -0.2) is 37.9 Å². The van der Waals surface area contributed by atoms with Crippen molar-refractivity contribution in [2.45, 2.75) is 11.4 Å². The monoisotopic (exact) mass is 495 g/mol. The number of benzene rings is 3. The molecule has 7 nitrogen and oxygen atoms in total. The molecule has 0 saturated carbocycles. The van der Waals surface area contributed by atoms with Gasteiger partial charge in [0.25, 0.3) is 0 Å². The van der Waals surface area contributed by atoms with E-state index in [1.165, 1.54) is 22.5 Å². The van der Waals surface area contributed by atoms with E-state index in [9.17, 15) is 13.2 Å². The van der Waals surface area contributed by atoms with Crippen LogP contribution in [0.4, 0.5) is 5.69 Å². The summed E-state index contributed by atoms with van der Waals surface area (Å²) in [7, 11) is -0.527. The second-order valence-corrected chi connectivity index (χ2v) is 9.77. The van der Waals surface area contributed by atoms with Gasteiger partial charge in [0, 0.05) is 25.4 Å². The minimum absolute atomic E-state index is 0.0983. The van der Waals surface area contributed by atoms with Crippen LogP contribution in [-0.2, 0) is 21.4 Å². The fourth-order valence-corrected chi connectivity index (χ4v) is 4.40. The third-order valence-corrected chi connectivity index (χ3v) is 6.87. The van der Waals surface area contributed by atoms with Gasteiger partial charge in [-0.2, -0.15) is 4.31 Å². The third-order valence-electron chi connectivity index (χ3n) is 4.85. The second kappa shape index (κ2) is 11.6. The number of ether oxygens (including phenoxy) is 1. The van der Waals surface area contributed by atoms with Gasteiger partial charge in [-0.3, -0.25) is 10.1 Å². The Kier molecular flexibility index (Phi) is 8.53. The van der Waals surface area contributed by atoms with Crippen LogP contribution in [0.25, 0.3) is 6.08 Å².